The van der Waals surface area contributed by atoms with E-state index in [-0.39, 0.29) is 22.7 Å². The predicted molar refractivity (Wildman–Crippen MR) is 80.2 cm³/mol. The van der Waals surface area contributed by atoms with Gasteiger partial charge in [0.2, 0.25) is 5.91 Å². The van der Waals surface area contributed by atoms with Gasteiger partial charge >= 0.3 is 0 Å². The lowest BCUT2D eigenvalue weighted by Gasteiger charge is -2.28. The Morgan fingerprint density at radius 2 is 1.72 bits per heavy atom. The van der Waals surface area contributed by atoms with Gasteiger partial charge in [-0.25, -0.2) is 0 Å². The van der Waals surface area contributed by atoms with Crippen LogP contribution in [0.4, 0.5) is 0 Å². The van der Waals surface area contributed by atoms with Gasteiger partial charge in [-0.15, -0.1) is 0 Å². The van der Waals surface area contributed by atoms with Crippen LogP contribution in [0.3, 0.4) is 0 Å². The van der Waals surface area contributed by atoms with Gasteiger partial charge in [0.15, 0.2) is 0 Å². The Hall–Kier alpha value is -0.540. The average Bonchev–Trinajstić information content (AvgIpc) is 2.36. The van der Waals surface area contributed by atoms with E-state index in [1.54, 1.807) is 4.90 Å². The van der Waals surface area contributed by atoms with Crippen LogP contribution in [-0.4, -0.2) is 22.7 Å². The molecule has 0 fully saturated rings. The molecule has 0 aliphatic carbocycles. The second-order valence-corrected chi connectivity index (χ2v) is 6.25. The Balaban J connectivity index is 2.80. The topological polar surface area (TPSA) is 20.3 Å². The van der Waals surface area contributed by atoms with Gasteiger partial charge in [-0.3, -0.25) is 4.79 Å². The Kier molecular flexibility index (Phi) is 5.67. The molecular formula is C14H19BrClNO. The Labute approximate surface area is 122 Å². The molecule has 1 rings (SSSR count). The fourth-order valence-electron chi connectivity index (χ4n) is 1.64. The molecule has 2 atom stereocenters. The molecule has 1 aromatic carbocycles. The van der Waals surface area contributed by atoms with E-state index in [1.807, 2.05) is 52.1 Å². The van der Waals surface area contributed by atoms with Crippen molar-refractivity contribution in [2.75, 3.05) is 7.05 Å². The quantitative estimate of drug-likeness (QED) is 0.754. The maximum atomic E-state index is 12.2. The molecule has 0 saturated carbocycles. The number of carbonyl (C=O) groups is 1. The SMILES string of the molecule is CC(C)C(Br)C(=O)N(C)C(C)c1ccc(Cl)cc1. The smallest absolute Gasteiger partial charge is 0.236 e. The number of alkyl halides is 1. The number of nitrogens with zero attached hydrogens (tertiary/aromatic N) is 1. The van der Waals surface area contributed by atoms with E-state index in [0.717, 1.165) is 5.56 Å². The summed E-state index contributed by atoms with van der Waals surface area (Å²) < 4.78 is 0. The summed E-state index contributed by atoms with van der Waals surface area (Å²) in [6, 6.07) is 7.64. The average molecular weight is 333 g/mol. The first-order valence-electron chi connectivity index (χ1n) is 6.00. The predicted octanol–water partition coefficient (Wildman–Crippen LogP) is 4.28. The molecule has 0 spiro atoms. The first-order valence-corrected chi connectivity index (χ1v) is 7.30. The van der Waals surface area contributed by atoms with Crippen molar-refractivity contribution in [2.24, 2.45) is 5.92 Å². The molecule has 4 heteroatoms. The molecule has 0 aliphatic rings. The zero-order valence-corrected chi connectivity index (χ0v) is 13.5. The van der Waals surface area contributed by atoms with E-state index in [0.29, 0.717) is 5.02 Å². The highest BCUT2D eigenvalue weighted by molar-refractivity contribution is 9.10. The molecule has 0 bridgehead atoms. The van der Waals surface area contributed by atoms with Crippen LogP contribution in [-0.2, 0) is 4.79 Å². The minimum Gasteiger partial charge on any atom is -0.338 e. The Bertz CT molecular complexity index is 405. The summed E-state index contributed by atoms with van der Waals surface area (Å²) in [5.74, 6) is 0.379. The first kappa shape index (κ1) is 15.5. The first-order chi connectivity index (χ1) is 8.34. The van der Waals surface area contributed by atoms with Crippen LogP contribution >= 0.6 is 27.5 Å². The number of benzene rings is 1. The minimum absolute atomic E-state index is 0.0357. The van der Waals surface area contributed by atoms with Crippen LogP contribution in [0.1, 0.15) is 32.4 Å². The van der Waals surface area contributed by atoms with Crippen molar-refractivity contribution < 1.29 is 4.79 Å². The number of hydrogen-bond donors (Lipinski definition) is 0. The number of hydrogen-bond acceptors (Lipinski definition) is 1. The van der Waals surface area contributed by atoms with Crippen LogP contribution in [0.2, 0.25) is 5.02 Å². The van der Waals surface area contributed by atoms with E-state index in [2.05, 4.69) is 15.9 Å². The molecule has 0 aliphatic heterocycles. The molecule has 100 valence electrons. The lowest BCUT2D eigenvalue weighted by molar-refractivity contribution is -0.131. The number of rotatable bonds is 4. The van der Waals surface area contributed by atoms with Gasteiger partial charge in [-0.1, -0.05) is 53.5 Å². The third kappa shape index (κ3) is 3.72. The highest BCUT2D eigenvalue weighted by Crippen LogP contribution is 2.24. The number of halogens is 2. The molecule has 2 nitrogen and oxygen atoms in total. The van der Waals surface area contributed by atoms with Gasteiger partial charge in [0.1, 0.15) is 0 Å². The molecule has 1 aromatic rings. The van der Waals surface area contributed by atoms with Gasteiger partial charge in [0.05, 0.1) is 10.9 Å². The van der Waals surface area contributed by atoms with E-state index in [9.17, 15) is 4.79 Å². The maximum absolute atomic E-state index is 12.2. The zero-order valence-electron chi connectivity index (χ0n) is 11.2. The van der Waals surface area contributed by atoms with E-state index in [1.165, 1.54) is 0 Å². The standard InChI is InChI=1S/C14H19BrClNO/c1-9(2)13(15)14(18)17(4)10(3)11-5-7-12(16)8-6-11/h5-10,13H,1-4H3. The fraction of sp³-hybridized carbons (Fsp3) is 0.500. The third-order valence-electron chi connectivity index (χ3n) is 3.10. The summed E-state index contributed by atoms with van der Waals surface area (Å²) in [6.45, 7) is 6.07. The summed E-state index contributed by atoms with van der Waals surface area (Å²) in [4.78, 5) is 13.8. The largest absolute Gasteiger partial charge is 0.338 e. The van der Waals surface area contributed by atoms with Crippen molar-refractivity contribution in [3.05, 3.63) is 34.9 Å². The van der Waals surface area contributed by atoms with Gasteiger partial charge in [-0.05, 0) is 30.5 Å². The summed E-state index contributed by atoms with van der Waals surface area (Å²) in [6.07, 6.45) is 0. The monoisotopic (exact) mass is 331 g/mol. The molecule has 0 N–H and O–H groups in total. The summed E-state index contributed by atoms with van der Waals surface area (Å²) >= 11 is 9.31. The molecule has 0 radical (unpaired) electrons. The van der Waals surface area contributed by atoms with Crippen molar-refractivity contribution in [1.29, 1.82) is 0 Å². The minimum atomic E-state index is -0.141. The van der Waals surface area contributed by atoms with Crippen LogP contribution in [0.15, 0.2) is 24.3 Å². The summed E-state index contributed by atoms with van der Waals surface area (Å²) in [5.41, 5.74) is 1.08. The molecule has 0 aromatic heterocycles. The van der Waals surface area contributed by atoms with Crippen LogP contribution in [0.25, 0.3) is 0 Å². The van der Waals surface area contributed by atoms with Crippen molar-refractivity contribution in [2.45, 2.75) is 31.6 Å². The highest BCUT2D eigenvalue weighted by Gasteiger charge is 2.25. The van der Waals surface area contributed by atoms with Gasteiger partial charge in [0.25, 0.3) is 0 Å². The number of carbonyl (C=O) groups excluding carboxylic acids is 1. The van der Waals surface area contributed by atoms with Crippen molar-refractivity contribution in [3.8, 4) is 0 Å². The van der Waals surface area contributed by atoms with Crippen LogP contribution < -0.4 is 0 Å². The van der Waals surface area contributed by atoms with Gasteiger partial charge in [-0.2, -0.15) is 0 Å². The molecular weight excluding hydrogens is 314 g/mol. The molecule has 2 unspecified atom stereocenters. The lowest BCUT2D eigenvalue weighted by Crippen LogP contribution is -2.37. The normalized spacial score (nSPS) is 14.4. The van der Waals surface area contributed by atoms with E-state index >= 15 is 0 Å². The second kappa shape index (κ2) is 6.58. The van der Waals surface area contributed by atoms with Crippen molar-refractivity contribution >= 4 is 33.4 Å². The van der Waals surface area contributed by atoms with E-state index < -0.39 is 0 Å². The Morgan fingerprint density at radius 3 is 2.17 bits per heavy atom. The third-order valence-corrected chi connectivity index (χ3v) is 4.80. The molecule has 0 heterocycles. The van der Waals surface area contributed by atoms with Gasteiger partial charge in [0, 0.05) is 12.1 Å². The number of amides is 1. The molecule has 18 heavy (non-hydrogen) atoms. The fourth-order valence-corrected chi connectivity index (χ4v) is 2.08. The summed E-state index contributed by atoms with van der Waals surface area (Å²) in [7, 11) is 1.83. The molecule has 1 amide bonds. The zero-order chi connectivity index (χ0) is 13.9. The van der Waals surface area contributed by atoms with Gasteiger partial charge < -0.3 is 4.90 Å². The second-order valence-electron chi connectivity index (χ2n) is 4.82. The maximum Gasteiger partial charge on any atom is 0.236 e. The lowest BCUT2D eigenvalue weighted by atomic mass is 10.1. The van der Waals surface area contributed by atoms with E-state index in [4.69, 9.17) is 11.6 Å². The van der Waals surface area contributed by atoms with Crippen LogP contribution in [0, 0.1) is 5.92 Å². The Morgan fingerprint density at radius 1 is 1.22 bits per heavy atom. The van der Waals surface area contributed by atoms with Crippen LogP contribution in [0.5, 0.6) is 0 Å². The highest BCUT2D eigenvalue weighted by atomic mass is 79.9. The summed E-state index contributed by atoms with van der Waals surface area (Å²) in [5, 5.41) is 0.709. The van der Waals surface area contributed by atoms with Crippen molar-refractivity contribution in [3.63, 3.8) is 0 Å². The molecule has 0 saturated heterocycles. The van der Waals surface area contributed by atoms with Crippen molar-refractivity contribution in [1.82, 2.24) is 4.90 Å².